The van der Waals surface area contributed by atoms with E-state index in [0.717, 1.165) is 0 Å². The number of esters is 2. The average Bonchev–Trinajstić information content (AvgIpc) is 2.53. The summed E-state index contributed by atoms with van der Waals surface area (Å²) in [7, 11) is 0. The molecule has 0 aliphatic rings. The van der Waals surface area contributed by atoms with Gasteiger partial charge in [0.2, 0.25) is 5.91 Å². The Bertz CT molecular complexity index is 576. The second-order valence-electron chi connectivity index (χ2n) is 4.97. The maximum absolute atomic E-state index is 12.0. The third-order valence-electron chi connectivity index (χ3n) is 3.15. The standard InChI is InChI=1S/C16H21ClN2O5/c1-4-23-14(21)8-13(20)19-15(10(3)16(22)24-5-2)12-7-6-11(17)9-18-12/h6-7,9-10,15H,4-5,8H2,1-3H3,(H,19,20). The van der Waals surface area contributed by atoms with E-state index in [1.165, 1.54) is 6.20 Å². The molecule has 0 saturated carbocycles. The maximum atomic E-state index is 12.0. The maximum Gasteiger partial charge on any atom is 0.315 e. The minimum atomic E-state index is -0.747. The lowest BCUT2D eigenvalue weighted by molar-refractivity contribution is -0.148. The van der Waals surface area contributed by atoms with Crippen LogP contribution in [0.3, 0.4) is 0 Å². The summed E-state index contributed by atoms with van der Waals surface area (Å²) in [6, 6.07) is 2.46. The van der Waals surface area contributed by atoms with Gasteiger partial charge in [0.05, 0.1) is 35.9 Å². The van der Waals surface area contributed by atoms with E-state index >= 15 is 0 Å². The molecule has 0 spiro atoms. The van der Waals surface area contributed by atoms with Crippen LogP contribution in [-0.4, -0.2) is 36.0 Å². The molecule has 1 rings (SSSR count). The van der Waals surface area contributed by atoms with Crippen molar-refractivity contribution in [2.24, 2.45) is 5.92 Å². The van der Waals surface area contributed by atoms with Gasteiger partial charge < -0.3 is 14.8 Å². The van der Waals surface area contributed by atoms with Crippen molar-refractivity contribution >= 4 is 29.4 Å². The zero-order chi connectivity index (χ0) is 18.1. The van der Waals surface area contributed by atoms with E-state index in [1.807, 2.05) is 0 Å². The van der Waals surface area contributed by atoms with Gasteiger partial charge in [0.1, 0.15) is 6.42 Å². The fourth-order valence-corrected chi connectivity index (χ4v) is 2.12. The molecule has 0 aliphatic heterocycles. The first-order valence-electron chi connectivity index (χ1n) is 7.62. The SMILES string of the molecule is CCOC(=O)CC(=O)NC(c1ccc(Cl)cn1)C(C)C(=O)OCC. The van der Waals surface area contributed by atoms with E-state index in [1.54, 1.807) is 32.9 Å². The second-order valence-corrected chi connectivity index (χ2v) is 5.41. The van der Waals surface area contributed by atoms with E-state index in [9.17, 15) is 14.4 Å². The average molecular weight is 357 g/mol. The predicted octanol–water partition coefficient (Wildman–Crippen LogP) is 2.04. The molecule has 0 aliphatic carbocycles. The van der Waals surface area contributed by atoms with Gasteiger partial charge in [-0.15, -0.1) is 0 Å². The highest BCUT2D eigenvalue weighted by Crippen LogP contribution is 2.23. The Labute approximate surface area is 145 Å². The number of carbonyl (C=O) groups excluding carboxylic acids is 3. The molecule has 1 amide bonds. The molecular formula is C16H21ClN2O5. The van der Waals surface area contributed by atoms with Crippen molar-refractivity contribution in [3.8, 4) is 0 Å². The van der Waals surface area contributed by atoms with Crippen molar-refractivity contribution in [1.82, 2.24) is 10.3 Å². The number of hydrogen-bond donors (Lipinski definition) is 1. The lowest BCUT2D eigenvalue weighted by atomic mass is 9.98. The molecule has 0 bridgehead atoms. The molecule has 2 atom stereocenters. The van der Waals surface area contributed by atoms with Crippen molar-refractivity contribution in [1.29, 1.82) is 0 Å². The highest BCUT2D eigenvalue weighted by atomic mass is 35.5. The number of amides is 1. The van der Waals surface area contributed by atoms with Crippen LogP contribution in [0.2, 0.25) is 5.02 Å². The summed E-state index contributed by atoms with van der Waals surface area (Å²) < 4.78 is 9.73. The Morgan fingerprint density at radius 3 is 2.42 bits per heavy atom. The van der Waals surface area contributed by atoms with Crippen LogP contribution in [0, 0.1) is 5.92 Å². The van der Waals surface area contributed by atoms with Gasteiger partial charge in [-0.2, -0.15) is 0 Å². The lowest BCUT2D eigenvalue weighted by Gasteiger charge is -2.23. The minimum absolute atomic E-state index is 0.188. The summed E-state index contributed by atoms with van der Waals surface area (Å²) in [6.45, 7) is 5.37. The van der Waals surface area contributed by atoms with E-state index in [-0.39, 0.29) is 13.2 Å². The van der Waals surface area contributed by atoms with E-state index in [0.29, 0.717) is 10.7 Å². The van der Waals surface area contributed by atoms with Crippen LogP contribution >= 0.6 is 11.6 Å². The van der Waals surface area contributed by atoms with Crippen LogP contribution in [0.4, 0.5) is 0 Å². The topological polar surface area (TPSA) is 94.6 Å². The molecule has 0 saturated heterocycles. The predicted molar refractivity (Wildman–Crippen MR) is 87.2 cm³/mol. The minimum Gasteiger partial charge on any atom is -0.466 e. The Balaban J connectivity index is 2.92. The molecule has 132 valence electrons. The highest BCUT2D eigenvalue weighted by Gasteiger charge is 2.29. The number of pyridine rings is 1. The normalized spacial score (nSPS) is 12.8. The molecule has 0 fully saturated rings. The highest BCUT2D eigenvalue weighted by molar-refractivity contribution is 6.30. The van der Waals surface area contributed by atoms with E-state index in [4.69, 9.17) is 21.1 Å². The van der Waals surface area contributed by atoms with Gasteiger partial charge in [-0.3, -0.25) is 19.4 Å². The van der Waals surface area contributed by atoms with Crippen LogP contribution in [0.5, 0.6) is 0 Å². The first-order valence-corrected chi connectivity index (χ1v) is 7.99. The number of hydrogen-bond acceptors (Lipinski definition) is 6. The summed E-state index contributed by atoms with van der Waals surface area (Å²) in [5.41, 5.74) is 0.442. The largest absolute Gasteiger partial charge is 0.466 e. The third-order valence-corrected chi connectivity index (χ3v) is 3.38. The molecule has 1 aromatic rings. The molecule has 1 N–H and O–H groups in total. The zero-order valence-corrected chi connectivity index (χ0v) is 14.6. The molecule has 0 aromatic carbocycles. The summed E-state index contributed by atoms with van der Waals surface area (Å²) in [4.78, 5) is 39.6. The van der Waals surface area contributed by atoms with Gasteiger partial charge in [-0.1, -0.05) is 11.6 Å². The van der Waals surface area contributed by atoms with E-state index in [2.05, 4.69) is 10.3 Å². The van der Waals surface area contributed by atoms with Crippen molar-refractivity contribution in [3.63, 3.8) is 0 Å². The van der Waals surface area contributed by atoms with Crippen LogP contribution in [-0.2, 0) is 23.9 Å². The molecule has 24 heavy (non-hydrogen) atoms. The van der Waals surface area contributed by atoms with Crippen molar-refractivity contribution in [2.45, 2.75) is 33.2 Å². The zero-order valence-electron chi connectivity index (χ0n) is 13.9. The molecule has 2 unspecified atom stereocenters. The third kappa shape index (κ3) is 6.16. The van der Waals surface area contributed by atoms with Crippen molar-refractivity contribution in [2.75, 3.05) is 13.2 Å². The Hall–Kier alpha value is -2.15. The first-order chi connectivity index (χ1) is 11.4. The number of halogens is 1. The van der Waals surface area contributed by atoms with Gasteiger partial charge in [-0.05, 0) is 32.9 Å². The number of nitrogens with one attached hydrogen (secondary N) is 1. The Morgan fingerprint density at radius 2 is 1.88 bits per heavy atom. The van der Waals surface area contributed by atoms with Gasteiger partial charge in [0, 0.05) is 6.20 Å². The lowest BCUT2D eigenvalue weighted by Crippen LogP contribution is -2.37. The number of ether oxygens (including phenoxy) is 2. The summed E-state index contributed by atoms with van der Waals surface area (Å²) in [5, 5.41) is 3.06. The number of carbonyl (C=O) groups is 3. The van der Waals surface area contributed by atoms with Gasteiger partial charge >= 0.3 is 11.9 Å². The molecule has 0 radical (unpaired) electrons. The van der Waals surface area contributed by atoms with Crippen LogP contribution in [0.15, 0.2) is 18.3 Å². The summed E-state index contributed by atoms with van der Waals surface area (Å²) in [6.07, 6.45) is 0.979. The van der Waals surface area contributed by atoms with Gasteiger partial charge in [0.15, 0.2) is 0 Å². The second kappa shape index (κ2) is 9.87. The molecule has 8 heteroatoms. The molecule has 7 nitrogen and oxygen atoms in total. The van der Waals surface area contributed by atoms with Crippen molar-refractivity contribution < 1.29 is 23.9 Å². The molecule has 1 aromatic heterocycles. The number of rotatable bonds is 8. The fourth-order valence-electron chi connectivity index (χ4n) is 2.00. The quantitative estimate of drug-likeness (QED) is 0.565. The number of nitrogens with zero attached hydrogens (tertiary/aromatic N) is 1. The Morgan fingerprint density at radius 1 is 1.21 bits per heavy atom. The fraction of sp³-hybridized carbons (Fsp3) is 0.500. The molecule has 1 heterocycles. The van der Waals surface area contributed by atoms with Crippen molar-refractivity contribution in [3.05, 3.63) is 29.0 Å². The Kier molecular flexibility index (Phi) is 8.18. The summed E-state index contributed by atoms with van der Waals surface area (Å²) in [5.74, 6) is -2.37. The van der Waals surface area contributed by atoms with Crippen LogP contribution in [0.1, 0.15) is 38.9 Å². The summed E-state index contributed by atoms with van der Waals surface area (Å²) >= 11 is 5.81. The number of aromatic nitrogens is 1. The molecular weight excluding hydrogens is 336 g/mol. The monoisotopic (exact) mass is 356 g/mol. The first kappa shape index (κ1) is 19.9. The van der Waals surface area contributed by atoms with Crippen LogP contribution < -0.4 is 5.32 Å². The van der Waals surface area contributed by atoms with Gasteiger partial charge in [0.25, 0.3) is 0 Å². The van der Waals surface area contributed by atoms with E-state index < -0.39 is 36.2 Å². The van der Waals surface area contributed by atoms with Crippen LogP contribution in [0.25, 0.3) is 0 Å². The van der Waals surface area contributed by atoms with Gasteiger partial charge in [-0.25, -0.2) is 0 Å². The smallest absolute Gasteiger partial charge is 0.315 e.